The van der Waals surface area contributed by atoms with E-state index in [1.54, 1.807) is 0 Å². The van der Waals surface area contributed by atoms with Gasteiger partial charge in [0, 0.05) is 25.7 Å². The average Bonchev–Trinajstić information content (AvgIpc) is 2.55. The van der Waals surface area contributed by atoms with E-state index in [1.807, 2.05) is 0 Å². The Hall–Kier alpha value is -2.24. The number of hydrogen-bond donors (Lipinski definition) is 7. The number of aliphatic hydroxyl groups excluding tert-OH is 3. The van der Waals surface area contributed by atoms with Crippen LogP contribution >= 0.6 is 0 Å². The maximum atomic E-state index is 9.90. The molecular formula is C15H28O11. The van der Waals surface area contributed by atoms with Gasteiger partial charge < -0.3 is 35.7 Å². The molecule has 0 atom stereocenters. The van der Waals surface area contributed by atoms with Gasteiger partial charge in [0.15, 0.2) is 0 Å². The lowest BCUT2D eigenvalue weighted by Crippen LogP contribution is -2.15. The molecule has 0 heterocycles. The lowest BCUT2D eigenvalue weighted by molar-refractivity contribution is -0.139. The highest BCUT2D eigenvalue weighted by Gasteiger charge is 1.99. The van der Waals surface area contributed by atoms with Gasteiger partial charge in [-0.1, -0.05) is 0 Å². The normalized spacial score (nSPS) is 9.38. The van der Waals surface area contributed by atoms with Crippen LogP contribution in [0.2, 0.25) is 0 Å². The lowest BCUT2D eigenvalue weighted by Gasteiger charge is -1.96. The molecule has 0 aromatic carbocycles. The smallest absolute Gasteiger partial charge is 0.303 e. The Morgan fingerprint density at radius 2 is 0.731 bits per heavy atom. The zero-order valence-corrected chi connectivity index (χ0v) is 14.4. The summed E-state index contributed by atoms with van der Waals surface area (Å²) in [6.45, 7) is -0.729. The van der Waals surface area contributed by atoms with Crippen molar-refractivity contribution in [2.45, 2.75) is 57.5 Å². The third kappa shape index (κ3) is 37.8. The van der Waals surface area contributed by atoms with Crippen molar-refractivity contribution in [3.05, 3.63) is 0 Å². The Labute approximate surface area is 150 Å². The predicted molar refractivity (Wildman–Crippen MR) is 87.7 cm³/mol. The van der Waals surface area contributed by atoms with Gasteiger partial charge in [0.2, 0.25) is 0 Å². The molecule has 0 spiro atoms. The largest absolute Gasteiger partial charge is 0.481 e. The first-order valence-corrected chi connectivity index (χ1v) is 7.83. The Kier molecular flexibility index (Phi) is 22.9. The van der Waals surface area contributed by atoms with E-state index in [0.29, 0.717) is 25.7 Å². The second-order valence-electron chi connectivity index (χ2n) is 5.01. The zero-order valence-electron chi connectivity index (χ0n) is 14.4. The van der Waals surface area contributed by atoms with Crippen molar-refractivity contribution < 1.29 is 54.9 Å². The van der Waals surface area contributed by atoms with E-state index in [0.717, 1.165) is 0 Å². The molecule has 0 saturated heterocycles. The first-order chi connectivity index (χ1) is 12.1. The Bertz CT molecular complexity index is 327. The average molecular weight is 384 g/mol. The third-order valence-corrected chi connectivity index (χ3v) is 2.48. The van der Waals surface area contributed by atoms with E-state index in [-0.39, 0.29) is 38.9 Å². The van der Waals surface area contributed by atoms with Crippen molar-refractivity contribution in [2.75, 3.05) is 13.2 Å². The van der Waals surface area contributed by atoms with Gasteiger partial charge in [-0.15, -0.1) is 0 Å². The van der Waals surface area contributed by atoms with Gasteiger partial charge in [0.05, 0.1) is 13.2 Å². The van der Waals surface area contributed by atoms with Crippen molar-refractivity contribution in [3.8, 4) is 0 Å². The highest BCUT2D eigenvalue weighted by atomic mass is 16.4. The number of unbranched alkanes of at least 4 members (excludes halogenated alkanes) is 2. The first-order valence-electron chi connectivity index (χ1n) is 7.83. The van der Waals surface area contributed by atoms with Crippen LogP contribution < -0.4 is 0 Å². The molecule has 7 N–H and O–H groups in total. The molecule has 0 aliphatic carbocycles. The zero-order chi connectivity index (χ0) is 21.0. The molecule has 26 heavy (non-hydrogen) atoms. The Balaban J connectivity index is -0.000000316. The van der Waals surface area contributed by atoms with Gasteiger partial charge in [-0.3, -0.25) is 19.2 Å². The number of hydrogen-bond acceptors (Lipinski definition) is 7. The fourth-order valence-corrected chi connectivity index (χ4v) is 1.16. The van der Waals surface area contributed by atoms with Crippen LogP contribution in [-0.2, 0) is 19.2 Å². The Morgan fingerprint density at radius 1 is 0.538 bits per heavy atom. The molecule has 0 rings (SSSR count). The molecule has 0 unspecified atom stereocenters. The number of rotatable bonds is 12. The van der Waals surface area contributed by atoms with E-state index in [4.69, 9.17) is 35.7 Å². The fourth-order valence-electron chi connectivity index (χ4n) is 1.16. The summed E-state index contributed by atoms with van der Waals surface area (Å²) in [7, 11) is 0. The molecule has 0 bridgehead atoms. The number of carboxylic acids is 4. The maximum Gasteiger partial charge on any atom is 0.303 e. The summed E-state index contributed by atoms with van der Waals surface area (Å²) in [4.78, 5) is 39.6. The molecule has 0 radical (unpaired) electrons. The molecule has 11 nitrogen and oxygen atoms in total. The summed E-state index contributed by atoms with van der Waals surface area (Å²) in [5.74, 6) is -3.48. The van der Waals surface area contributed by atoms with E-state index in [2.05, 4.69) is 0 Å². The molecule has 0 aromatic rings. The number of carboxylic acid groups (broad SMARTS) is 4. The molecule has 0 aromatic heterocycles. The minimum absolute atomic E-state index is 0.0628. The van der Waals surface area contributed by atoms with Crippen LogP contribution in [0.4, 0.5) is 0 Å². The van der Waals surface area contributed by atoms with Gasteiger partial charge in [-0.25, -0.2) is 0 Å². The molecule has 0 aliphatic heterocycles. The van der Waals surface area contributed by atoms with Gasteiger partial charge in [0.1, 0.15) is 6.10 Å². The molecule has 0 amide bonds. The van der Waals surface area contributed by atoms with E-state index >= 15 is 0 Å². The van der Waals surface area contributed by atoms with Crippen LogP contribution in [0.3, 0.4) is 0 Å². The molecule has 0 fully saturated rings. The summed E-state index contributed by atoms with van der Waals surface area (Å²) >= 11 is 0. The predicted octanol–water partition coefficient (Wildman–Crippen LogP) is -0.236. The van der Waals surface area contributed by atoms with Crippen LogP contribution in [0.25, 0.3) is 0 Å². The summed E-state index contributed by atoms with van der Waals surface area (Å²) in [5, 5.41) is 56.5. The van der Waals surface area contributed by atoms with Gasteiger partial charge in [0.25, 0.3) is 0 Å². The van der Waals surface area contributed by atoms with Crippen molar-refractivity contribution in [3.63, 3.8) is 0 Å². The van der Waals surface area contributed by atoms with Crippen LogP contribution in [0.1, 0.15) is 51.4 Å². The van der Waals surface area contributed by atoms with E-state index in [1.165, 1.54) is 0 Å². The minimum Gasteiger partial charge on any atom is -0.481 e. The summed E-state index contributed by atoms with van der Waals surface area (Å²) in [6.07, 6.45) is 1.08. The van der Waals surface area contributed by atoms with E-state index in [9.17, 15) is 19.2 Å². The van der Waals surface area contributed by atoms with Gasteiger partial charge in [-0.05, 0) is 25.7 Å². The molecular weight excluding hydrogens is 356 g/mol. The second-order valence-corrected chi connectivity index (χ2v) is 5.01. The maximum absolute atomic E-state index is 9.90. The van der Waals surface area contributed by atoms with Crippen LogP contribution in [0.15, 0.2) is 0 Å². The molecule has 11 heteroatoms. The van der Waals surface area contributed by atoms with Crippen molar-refractivity contribution in [1.29, 1.82) is 0 Å². The summed E-state index contributed by atoms with van der Waals surface area (Å²) in [5.41, 5.74) is 0. The number of carbonyl (C=O) groups is 4. The SMILES string of the molecule is O=C(O)CCCCC(=O)O.O=C(O)CCCCC(=O)O.OCC(O)CO. The number of aliphatic carboxylic acids is 4. The topological polar surface area (TPSA) is 210 Å². The molecule has 0 saturated carbocycles. The lowest BCUT2D eigenvalue weighted by atomic mass is 10.2. The van der Waals surface area contributed by atoms with Crippen molar-refractivity contribution >= 4 is 23.9 Å². The summed E-state index contributed by atoms with van der Waals surface area (Å²) in [6, 6.07) is 0. The highest BCUT2D eigenvalue weighted by molar-refractivity contribution is 5.68. The Morgan fingerprint density at radius 3 is 0.808 bits per heavy atom. The molecule has 0 aliphatic rings. The highest BCUT2D eigenvalue weighted by Crippen LogP contribution is 1.99. The van der Waals surface area contributed by atoms with Crippen LogP contribution in [-0.4, -0.2) is 78.9 Å². The molecule has 154 valence electrons. The van der Waals surface area contributed by atoms with Gasteiger partial charge in [-0.2, -0.15) is 0 Å². The van der Waals surface area contributed by atoms with Crippen LogP contribution in [0, 0.1) is 0 Å². The second kappa shape index (κ2) is 20.8. The van der Waals surface area contributed by atoms with Crippen molar-refractivity contribution in [2.24, 2.45) is 0 Å². The monoisotopic (exact) mass is 384 g/mol. The van der Waals surface area contributed by atoms with Crippen molar-refractivity contribution in [1.82, 2.24) is 0 Å². The van der Waals surface area contributed by atoms with E-state index < -0.39 is 30.0 Å². The minimum atomic E-state index is -0.954. The summed E-state index contributed by atoms with van der Waals surface area (Å²) < 4.78 is 0. The van der Waals surface area contributed by atoms with Crippen LogP contribution in [0.5, 0.6) is 0 Å². The number of aliphatic hydroxyl groups is 3. The standard InChI is InChI=1S/2C6H10O4.C3H8O3/c2*7-5(8)3-1-2-4-6(9)10;4-1-3(6)2-5/h2*1-4H2,(H,7,8)(H,9,10);3-6H,1-2H2. The van der Waals surface area contributed by atoms with Gasteiger partial charge >= 0.3 is 23.9 Å². The first kappa shape index (κ1) is 28.6. The fraction of sp³-hybridized carbons (Fsp3) is 0.733. The quantitative estimate of drug-likeness (QED) is 0.218. The third-order valence-electron chi connectivity index (χ3n) is 2.48.